The molecule has 0 aromatic heterocycles. The molecule has 3 aliphatic rings. The summed E-state index contributed by atoms with van der Waals surface area (Å²) >= 11 is 0. The Bertz CT molecular complexity index is 665. The first kappa shape index (κ1) is 16.9. The number of aliphatic hydroxyl groups is 1. The molecule has 0 radical (unpaired) electrons. The second-order valence-electron chi connectivity index (χ2n) is 7.64. The maximum atomic E-state index is 11.9. The number of cyclic esters (lactones) is 1. The van der Waals surface area contributed by atoms with Gasteiger partial charge in [-0.2, -0.15) is 8.42 Å². The number of hydrogen-bond acceptors (Lipinski definition) is 6. The van der Waals surface area contributed by atoms with Crippen molar-refractivity contribution in [1.82, 2.24) is 0 Å². The molecule has 130 valence electrons. The predicted octanol–water partition coefficient (Wildman–Crippen LogP) is 1.09. The van der Waals surface area contributed by atoms with E-state index in [0.29, 0.717) is 12.0 Å². The normalized spacial score (nSPS) is 42.5. The molecule has 0 aromatic rings. The Kier molecular flexibility index (Phi) is 3.68. The molecule has 1 saturated heterocycles. The number of ether oxygens (including phenoxy) is 1. The molecule has 7 nitrogen and oxygen atoms in total. The van der Waals surface area contributed by atoms with Crippen LogP contribution in [0, 0.1) is 22.7 Å². The minimum Gasteiger partial charge on any atom is -0.462 e. The van der Waals surface area contributed by atoms with Gasteiger partial charge < -0.3 is 9.84 Å². The van der Waals surface area contributed by atoms with Crippen molar-refractivity contribution in [3.8, 4) is 0 Å². The van der Waals surface area contributed by atoms with Gasteiger partial charge in [0.05, 0.1) is 12.7 Å². The molecule has 2 unspecified atom stereocenters. The van der Waals surface area contributed by atoms with E-state index in [0.717, 1.165) is 0 Å². The zero-order valence-electron chi connectivity index (χ0n) is 13.4. The van der Waals surface area contributed by atoms with E-state index in [2.05, 4.69) is 0 Å². The minimum atomic E-state index is -4.68. The van der Waals surface area contributed by atoms with Crippen molar-refractivity contribution in [3.05, 3.63) is 11.6 Å². The molecule has 3 rings (SSSR count). The summed E-state index contributed by atoms with van der Waals surface area (Å²) in [4.78, 5) is 11.9. The van der Waals surface area contributed by atoms with Gasteiger partial charge in [0, 0.05) is 11.5 Å². The Balaban J connectivity index is 2.02. The highest BCUT2D eigenvalue weighted by molar-refractivity contribution is 7.80. The summed E-state index contributed by atoms with van der Waals surface area (Å²) in [6, 6.07) is 0. The van der Waals surface area contributed by atoms with Crippen LogP contribution < -0.4 is 0 Å². The number of esters is 1. The van der Waals surface area contributed by atoms with Crippen LogP contribution in [0.3, 0.4) is 0 Å². The molecule has 2 aliphatic carbocycles. The molecule has 0 bridgehead atoms. The third kappa shape index (κ3) is 2.52. The number of hydrogen-bond donors (Lipinski definition) is 2. The smallest absolute Gasteiger partial charge is 0.397 e. The lowest BCUT2D eigenvalue weighted by Crippen LogP contribution is -2.60. The molecule has 5 atom stereocenters. The van der Waals surface area contributed by atoms with Gasteiger partial charge in [-0.3, -0.25) is 4.55 Å². The first-order valence-corrected chi connectivity index (χ1v) is 9.04. The first-order chi connectivity index (χ1) is 10.5. The van der Waals surface area contributed by atoms with Gasteiger partial charge in [0.25, 0.3) is 0 Å². The monoisotopic (exact) mass is 346 g/mol. The van der Waals surface area contributed by atoms with Gasteiger partial charge in [0.2, 0.25) is 0 Å². The van der Waals surface area contributed by atoms with E-state index < -0.39 is 33.4 Å². The first-order valence-electron chi connectivity index (χ1n) is 7.68. The summed E-state index contributed by atoms with van der Waals surface area (Å²) in [5, 5.41) is 10.6. The van der Waals surface area contributed by atoms with Crippen molar-refractivity contribution < 1.29 is 31.8 Å². The van der Waals surface area contributed by atoms with E-state index in [1.54, 1.807) is 0 Å². The molecule has 8 heteroatoms. The van der Waals surface area contributed by atoms with Crippen LogP contribution in [0.2, 0.25) is 0 Å². The highest BCUT2D eigenvalue weighted by Crippen LogP contribution is 2.61. The quantitative estimate of drug-likeness (QED) is 0.569. The van der Waals surface area contributed by atoms with Gasteiger partial charge in [-0.15, -0.1) is 0 Å². The Morgan fingerprint density at radius 1 is 1.35 bits per heavy atom. The molecule has 1 aliphatic heterocycles. The van der Waals surface area contributed by atoms with Crippen LogP contribution in [0.4, 0.5) is 0 Å². The van der Waals surface area contributed by atoms with Crippen LogP contribution in [0.25, 0.3) is 0 Å². The molecule has 0 amide bonds. The standard InChI is InChI=1S/C15H22O7S/c1-14(2)11-5-4-8-9(7-21-13(8)17)15(11,3)6-10(12(14)16)22-23(18,19)20/h4,9-12,16H,5-7H2,1-3H3,(H,18,19,20)/t9?,10-,11?,12+,15-/m1/s1. The van der Waals surface area contributed by atoms with Gasteiger partial charge in [-0.05, 0) is 29.6 Å². The van der Waals surface area contributed by atoms with Crippen LogP contribution in [0.1, 0.15) is 33.6 Å². The van der Waals surface area contributed by atoms with E-state index in [9.17, 15) is 18.3 Å². The maximum absolute atomic E-state index is 11.9. The van der Waals surface area contributed by atoms with Gasteiger partial charge in [0.15, 0.2) is 0 Å². The van der Waals surface area contributed by atoms with Crippen molar-refractivity contribution in [2.45, 2.75) is 45.8 Å². The van der Waals surface area contributed by atoms with Crippen LogP contribution in [-0.2, 0) is 24.1 Å². The Labute approximate surface area is 135 Å². The van der Waals surface area contributed by atoms with Gasteiger partial charge in [0.1, 0.15) is 6.10 Å². The largest absolute Gasteiger partial charge is 0.462 e. The number of rotatable bonds is 2. The zero-order chi connectivity index (χ0) is 17.2. The van der Waals surface area contributed by atoms with E-state index in [1.165, 1.54) is 0 Å². The van der Waals surface area contributed by atoms with E-state index >= 15 is 0 Å². The molecule has 2 N–H and O–H groups in total. The predicted molar refractivity (Wildman–Crippen MR) is 79.6 cm³/mol. The van der Waals surface area contributed by atoms with Crippen molar-refractivity contribution >= 4 is 16.4 Å². The summed E-state index contributed by atoms with van der Waals surface area (Å²) in [6.45, 7) is 5.95. The van der Waals surface area contributed by atoms with Crippen molar-refractivity contribution in [3.63, 3.8) is 0 Å². The highest BCUT2D eigenvalue weighted by Gasteiger charge is 2.61. The summed E-state index contributed by atoms with van der Waals surface area (Å²) in [5.41, 5.74) is -0.480. The van der Waals surface area contributed by atoms with Gasteiger partial charge >= 0.3 is 16.4 Å². The second kappa shape index (κ2) is 5.02. The van der Waals surface area contributed by atoms with Crippen molar-refractivity contribution in [2.75, 3.05) is 6.61 Å². The van der Waals surface area contributed by atoms with Crippen molar-refractivity contribution in [2.24, 2.45) is 22.7 Å². The Morgan fingerprint density at radius 3 is 2.61 bits per heavy atom. The fraction of sp³-hybridized carbons (Fsp3) is 0.800. The fourth-order valence-corrected chi connectivity index (χ4v) is 5.40. The van der Waals surface area contributed by atoms with Gasteiger partial charge in [-0.1, -0.05) is 26.8 Å². The molecule has 1 saturated carbocycles. The zero-order valence-corrected chi connectivity index (χ0v) is 14.2. The number of allylic oxidation sites excluding steroid dienone is 1. The van der Waals surface area contributed by atoms with Crippen LogP contribution in [0.5, 0.6) is 0 Å². The van der Waals surface area contributed by atoms with Gasteiger partial charge in [-0.25, -0.2) is 8.98 Å². The lowest BCUT2D eigenvalue weighted by atomic mass is 9.47. The van der Waals surface area contributed by atoms with Crippen LogP contribution in [-0.4, -0.2) is 42.9 Å². The molecular formula is C15H22O7S. The number of aliphatic hydroxyl groups excluding tert-OH is 1. The number of carbonyl (C=O) groups excluding carboxylic acids is 1. The Hall–Kier alpha value is -0.960. The third-order valence-electron chi connectivity index (χ3n) is 6.06. The maximum Gasteiger partial charge on any atom is 0.397 e. The molecular weight excluding hydrogens is 324 g/mol. The molecule has 23 heavy (non-hydrogen) atoms. The SMILES string of the molecule is CC1(C)C2CC=C3C(=O)OCC3[C@@]2(C)C[C@@H](OS(=O)(=O)O)[C@@H]1O. The summed E-state index contributed by atoms with van der Waals surface area (Å²) in [6.07, 6.45) is 0.609. The number of carbonyl (C=O) groups is 1. The highest BCUT2D eigenvalue weighted by atomic mass is 32.3. The van der Waals surface area contributed by atoms with E-state index in [-0.39, 0.29) is 30.8 Å². The molecule has 0 aromatic carbocycles. The third-order valence-corrected chi connectivity index (χ3v) is 6.55. The van der Waals surface area contributed by atoms with Crippen LogP contribution >= 0.6 is 0 Å². The summed E-state index contributed by atoms with van der Waals surface area (Å²) in [5.74, 6) is -0.451. The lowest BCUT2D eigenvalue weighted by molar-refractivity contribution is -0.166. The van der Waals surface area contributed by atoms with Crippen LogP contribution in [0.15, 0.2) is 11.6 Å². The minimum absolute atomic E-state index is 0.0366. The molecule has 1 heterocycles. The number of fused-ring (bicyclic) bond motifs is 3. The summed E-state index contributed by atoms with van der Waals surface area (Å²) in [7, 11) is -4.68. The average molecular weight is 346 g/mol. The Morgan fingerprint density at radius 2 is 2.00 bits per heavy atom. The average Bonchev–Trinajstić information content (AvgIpc) is 2.77. The topological polar surface area (TPSA) is 110 Å². The van der Waals surface area contributed by atoms with Crippen molar-refractivity contribution in [1.29, 1.82) is 0 Å². The fourth-order valence-electron chi connectivity index (χ4n) is 4.91. The summed E-state index contributed by atoms with van der Waals surface area (Å²) < 4.78 is 41.2. The van der Waals surface area contributed by atoms with E-state index in [1.807, 2.05) is 26.8 Å². The van der Waals surface area contributed by atoms with E-state index in [4.69, 9.17) is 13.5 Å². The molecule has 0 spiro atoms. The second-order valence-corrected chi connectivity index (χ2v) is 8.69. The lowest BCUT2D eigenvalue weighted by Gasteiger charge is -2.58. The molecule has 2 fully saturated rings.